The van der Waals surface area contributed by atoms with Gasteiger partial charge in [0.15, 0.2) is 6.10 Å². The zero-order valence-electron chi connectivity index (χ0n) is 16.2. The fourth-order valence-corrected chi connectivity index (χ4v) is 2.95. The van der Waals surface area contributed by atoms with Crippen molar-refractivity contribution in [2.75, 3.05) is 19.0 Å². The van der Waals surface area contributed by atoms with E-state index in [2.05, 4.69) is 5.32 Å². The van der Waals surface area contributed by atoms with Crippen molar-refractivity contribution in [3.63, 3.8) is 0 Å². The summed E-state index contributed by atoms with van der Waals surface area (Å²) < 4.78 is 10.3. The van der Waals surface area contributed by atoms with Gasteiger partial charge in [-0.25, -0.2) is 0 Å². The van der Waals surface area contributed by atoms with Crippen molar-refractivity contribution < 1.29 is 28.7 Å². The SMILES string of the molecule is COc1ccc(C)cc1NC(=O)C(C)OC(=O)CN1C(=O)c2ccccc2C1=O. The van der Waals surface area contributed by atoms with Gasteiger partial charge in [0.2, 0.25) is 0 Å². The quantitative estimate of drug-likeness (QED) is 0.593. The summed E-state index contributed by atoms with van der Waals surface area (Å²) >= 11 is 0. The lowest BCUT2D eigenvalue weighted by Crippen LogP contribution is -2.38. The maximum Gasteiger partial charge on any atom is 0.326 e. The van der Waals surface area contributed by atoms with Crippen molar-refractivity contribution in [2.45, 2.75) is 20.0 Å². The number of nitrogens with zero attached hydrogens (tertiary/aromatic N) is 1. The summed E-state index contributed by atoms with van der Waals surface area (Å²) in [6.07, 6.45) is -1.14. The molecule has 0 bridgehead atoms. The average Bonchev–Trinajstić information content (AvgIpc) is 2.93. The van der Waals surface area contributed by atoms with E-state index in [0.717, 1.165) is 10.5 Å². The number of carbonyl (C=O) groups excluding carboxylic acids is 4. The van der Waals surface area contributed by atoms with Gasteiger partial charge in [0.05, 0.1) is 23.9 Å². The van der Waals surface area contributed by atoms with E-state index in [9.17, 15) is 19.2 Å². The zero-order valence-corrected chi connectivity index (χ0v) is 16.2. The molecule has 3 amide bonds. The minimum atomic E-state index is -1.14. The molecule has 0 saturated heterocycles. The number of amides is 3. The maximum absolute atomic E-state index is 12.4. The molecule has 0 spiro atoms. The van der Waals surface area contributed by atoms with E-state index in [4.69, 9.17) is 9.47 Å². The van der Waals surface area contributed by atoms with Crippen molar-refractivity contribution in [1.82, 2.24) is 4.90 Å². The topological polar surface area (TPSA) is 102 Å². The van der Waals surface area contributed by atoms with Crippen LogP contribution < -0.4 is 10.1 Å². The molecule has 1 atom stereocenters. The number of nitrogens with one attached hydrogen (secondary N) is 1. The molecule has 0 aliphatic carbocycles. The maximum atomic E-state index is 12.4. The molecule has 1 unspecified atom stereocenters. The zero-order chi connectivity index (χ0) is 21.1. The molecule has 8 heteroatoms. The summed E-state index contributed by atoms with van der Waals surface area (Å²) in [6, 6.07) is 11.6. The van der Waals surface area contributed by atoms with Crippen LogP contribution in [0.5, 0.6) is 5.75 Å². The minimum Gasteiger partial charge on any atom is -0.495 e. The summed E-state index contributed by atoms with van der Waals surface area (Å²) in [5.41, 5.74) is 1.84. The first kappa shape index (κ1) is 20.1. The highest BCUT2D eigenvalue weighted by Crippen LogP contribution is 2.25. The van der Waals surface area contributed by atoms with Crippen molar-refractivity contribution >= 4 is 29.4 Å². The number of esters is 1. The summed E-state index contributed by atoms with van der Waals surface area (Å²) in [4.78, 5) is 50.0. The van der Waals surface area contributed by atoms with Crippen LogP contribution in [0.1, 0.15) is 33.2 Å². The van der Waals surface area contributed by atoms with E-state index in [1.807, 2.05) is 13.0 Å². The second-order valence-electron chi connectivity index (χ2n) is 6.57. The molecule has 2 aromatic carbocycles. The third kappa shape index (κ3) is 4.11. The molecule has 150 valence electrons. The molecule has 0 aromatic heterocycles. The second-order valence-corrected chi connectivity index (χ2v) is 6.57. The normalized spacial score (nSPS) is 13.7. The smallest absolute Gasteiger partial charge is 0.326 e. The van der Waals surface area contributed by atoms with E-state index < -0.39 is 36.3 Å². The van der Waals surface area contributed by atoms with Gasteiger partial charge in [0.25, 0.3) is 17.7 Å². The number of aryl methyl sites for hydroxylation is 1. The number of hydrogen-bond donors (Lipinski definition) is 1. The molecule has 1 heterocycles. The van der Waals surface area contributed by atoms with Gasteiger partial charge in [-0.3, -0.25) is 24.1 Å². The first-order chi connectivity index (χ1) is 13.8. The Morgan fingerprint density at radius 1 is 1.07 bits per heavy atom. The molecular weight excluding hydrogens is 376 g/mol. The highest BCUT2D eigenvalue weighted by molar-refractivity contribution is 6.22. The number of methoxy groups -OCH3 is 1. The van der Waals surface area contributed by atoms with Crippen LogP contribution in [0.4, 0.5) is 5.69 Å². The second kappa shape index (κ2) is 8.14. The highest BCUT2D eigenvalue weighted by Gasteiger charge is 2.37. The van der Waals surface area contributed by atoms with Crippen LogP contribution in [0.15, 0.2) is 42.5 Å². The Balaban J connectivity index is 1.61. The molecule has 29 heavy (non-hydrogen) atoms. The molecule has 0 radical (unpaired) electrons. The van der Waals surface area contributed by atoms with Crippen molar-refractivity contribution in [3.05, 3.63) is 59.2 Å². The summed E-state index contributed by atoms with van der Waals surface area (Å²) in [5.74, 6) is -2.09. The summed E-state index contributed by atoms with van der Waals surface area (Å²) in [5, 5.41) is 2.64. The largest absolute Gasteiger partial charge is 0.495 e. The first-order valence-electron chi connectivity index (χ1n) is 8.92. The number of rotatable bonds is 6. The standard InChI is InChI=1S/C21H20N2O6/c1-12-8-9-17(28-3)16(10-12)22-19(25)13(2)29-18(24)11-23-20(26)14-6-4-5-7-15(14)21(23)27/h4-10,13H,11H2,1-3H3,(H,22,25). The van der Waals surface area contributed by atoms with Crippen LogP contribution in [0.3, 0.4) is 0 Å². The number of ether oxygens (including phenoxy) is 2. The van der Waals surface area contributed by atoms with E-state index in [0.29, 0.717) is 11.4 Å². The number of imide groups is 1. The Labute approximate surface area is 167 Å². The van der Waals surface area contributed by atoms with E-state index in [1.165, 1.54) is 26.2 Å². The highest BCUT2D eigenvalue weighted by atomic mass is 16.5. The van der Waals surface area contributed by atoms with Gasteiger partial charge >= 0.3 is 5.97 Å². The lowest BCUT2D eigenvalue weighted by molar-refractivity contribution is -0.153. The molecule has 8 nitrogen and oxygen atoms in total. The number of benzene rings is 2. The predicted molar refractivity (Wildman–Crippen MR) is 104 cm³/mol. The average molecular weight is 396 g/mol. The molecule has 3 rings (SSSR count). The van der Waals surface area contributed by atoms with Crippen LogP contribution in [0, 0.1) is 6.92 Å². The number of fused-ring (bicyclic) bond motifs is 1. The molecule has 0 saturated carbocycles. The lowest BCUT2D eigenvalue weighted by atomic mass is 10.1. The Bertz CT molecular complexity index is 965. The Morgan fingerprint density at radius 3 is 2.28 bits per heavy atom. The Kier molecular flexibility index (Phi) is 5.63. The number of carbonyl (C=O) groups is 4. The van der Waals surface area contributed by atoms with Crippen molar-refractivity contribution in [1.29, 1.82) is 0 Å². The lowest BCUT2D eigenvalue weighted by Gasteiger charge is -2.17. The summed E-state index contributed by atoms with van der Waals surface area (Å²) in [7, 11) is 1.48. The Morgan fingerprint density at radius 2 is 1.69 bits per heavy atom. The van der Waals surface area contributed by atoms with Gasteiger partial charge < -0.3 is 14.8 Å². The molecule has 1 N–H and O–H groups in total. The third-order valence-corrected chi connectivity index (χ3v) is 4.46. The van der Waals surface area contributed by atoms with Crippen LogP contribution >= 0.6 is 0 Å². The van der Waals surface area contributed by atoms with Crippen molar-refractivity contribution in [3.8, 4) is 5.75 Å². The molecular formula is C21H20N2O6. The first-order valence-corrected chi connectivity index (χ1v) is 8.92. The van der Waals surface area contributed by atoms with Gasteiger partial charge in [-0.15, -0.1) is 0 Å². The molecule has 0 fully saturated rings. The van der Waals surface area contributed by atoms with Gasteiger partial charge in [0.1, 0.15) is 12.3 Å². The van der Waals surface area contributed by atoms with Gasteiger partial charge in [-0.05, 0) is 43.7 Å². The van der Waals surface area contributed by atoms with Crippen LogP contribution in [0.25, 0.3) is 0 Å². The summed E-state index contributed by atoms with van der Waals surface area (Å²) in [6.45, 7) is 2.69. The fraction of sp³-hybridized carbons (Fsp3) is 0.238. The Hall–Kier alpha value is -3.68. The predicted octanol–water partition coefficient (Wildman–Crippen LogP) is 2.17. The molecule has 1 aliphatic rings. The molecule has 1 aliphatic heterocycles. The third-order valence-electron chi connectivity index (χ3n) is 4.46. The van der Waals surface area contributed by atoms with E-state index in [-0.39, 0.29) is 11.1 Å². The molecule has 2 aromatic rings. The minimum absolute atomic E-state index is 0.239. The monoisotopic (exact) mass is 396 g/mol. The van der Waals surface area contributed by atoms with Crippen LogP contribution in [-0.4, -0.2) is 48.3 Å². The van der Waals surface area contributed by atoms with Crippen LogP contribution in [-0.2, 0) is 14.3 Å². The van der Waals surface area contributed by atoms with E-state index in [1.54, 1.807) is 24.3 Å². The van der Waals surface area contributed by atoms with E-state index >= 15 is 0 Å². The van der Waals surface area contributed by atoms with Crippen LogP contribution in [0.2, 0.25) is 0 Å². The van der Waals surface area contributed by atoms with Gasteiger partial charge in [-0.1, -0.05) is 18.2 Å². The number of anilines is 1. The van der Waals surface area contributed by atoms with Gasteiger partial charge in [0, 0.05) is 0 Å². The number of hydrogen-bond acceptors (Lipinski definition) is 6. The van der Waals surface area contributed by atoms with Crippen molar-refractivity contribution in [2.24, 2.45) is 0 Å². The van der Waals surface area contributed by atoms with Gasteiger partial charge in [-0.2, -0.15) is 0 Å². The fourth-order valence-electron chi connectivity index (χ4n) is 2.95.